The Morgan fingerprint density at radius 2 is 1.82 bits per heavy atom. The summed E-state index contributed by atoms with van der Waals surface area (Å²) in [5, 5.41) is 6.43. The van der Waals surface area contributed by atoms with Gasteiger partial charge in [0.25, 0.3) is 0 Å². The summed E-state index contributed by atoms with van der Waals surface area (Å²) in [7, 11) is 1.70. The quantitative estimate of drug-likeness (QED) is 0.560. The SMILES string of the molecule is COc1ccc([C@H]2c3ccsc3CCN2C(=S)Nc2cc(C)cc(C)c2)cc1. The lowest BCUT2D eigenvalue weighted by Gasteiger charge is -2.38. The lowest BCUT2D eigenvalue weighted by Crippen LogP contribution is -2.42. The average molecular weight is 409 g/mol. The smallest absolute Gasteiger partial charge is 0.174 e. The molecule has 3 aromatic rings. The molecule has 1 atom stereocenters. The number of fused-ring (bicyclic) bond motifs is 1. The maximum atomic E-state index is 5.86. The first-order valence-corrected chi connectivity index (χ1v) is 10.7. The Labute approximate surface area is 176 Å². The fourth-order valence-corrected chi connectivity index (χ4v) is 5.14. The number of aryl methyl sites for hydroxylation is 2. The van der Waals surface area contributed by atoms with E-state index in [1.807, 2.05) is 23.5 Å². The van der Waals surface area contributed by atoms with Gasteiger partial charge >= 0.3 is 0 Å². The number of nitrogens with one attached hydrogen (secondary N) is 1. The molecule has 28 heavy (non-hydrogen) atoms. The number of rotatable bonds is 3. The average Bonchev–Trinajstić information content (AvgIpc) is 3.15. The molecule has 2 heterocycles. The fourth-order valence-electron chi connectivity index (χ4n) is 3.92. The summed E-state index contributed by atoms with van der Waals surface area (Å²) in [5.41, 5.74) is 6.09. The summed E-state index contributed by atoms with van der Waals surface area (Å²) in [6.45, 7) is 5.13. The van der Waals surface area contributed by atoms with Crippen LogP contribution in [0.4, 0.5) is 5.69 Å². The van der Waals surface area contributed by atoms with Crippen molar-refractivity contribution in [3.05, 3.63) is 81.0 Å². The summed E-state index contributed by atoms with van der Waals surface area (Å²) < 4.78 is 5.34. The first-order valence-electron chi connectivity index (χ1n) is 9.41. The molecular formula is C23H24N2OS2. The second-order valence-electron chi connectivity index (χ2n) is 7.22. The first kappa shape index (κ1) is 19.0. The zero-order chi connectivity index (χ0) is 19.7. The number of thiocarbonyl (C=S) groups is 1. The molecule has 144 valence electrons. The summed E-state index contributed by atoms with van der Waals surface area (Å²) in [6, 6.07) is 17.1. The molecule has 0 saturated carbocycles. The lowest BCUT2D eigenvalue weighted by atomic mass is 9.93. The van der Waals surface area contributed by atoms with Crippen molar-refractivity contribution < 1.29 is 4.74 Å². The number of thiophene rings is 1. The van der Waals surface area contributed by atoms with Gasteiger partial charge in [-0.2, -0.15) is 0 Å². The first-order chi connectivity index (χ1) is 13.5. The van der Waals surface area contributed by atoms with E-state index >= 15 is 0 Å². The highest BCUT2D eigenvalue weighted by Gasteiger charge is 2.31. The molecule has 4 rings (SSSR count). The molecule has 0 aliphatic carbocycles. The van der Waals surface area contributed by atoms with Gasteiger partial charge in [-0.15, -0.1) is 11.3 Å². The van der Waals surface area contributed by atoms with Crippen LogP contribution in [0.15, 0.2) is 53.9 Å². The van der Waals surface area contributed by atoms with E-state index in [-0.39, 0.29) is 6.04 Å². The van der Waals surface area contributed by atoms with Crippen LogP contribution in [-0.2, 0) is 6.42 Å². The second kappa shape index (κ2) is 7.94. The van der Waals surface area contributed by atoms with Gasteiger partial charge in [-0.25, -0.2) is 0 Å². The van der Waals surface area contributed by atoms with Crippen LogP contribution in [0.2, 0.25) is 0 Å². The van der Waals surface area contributed by atoms with Crippen LogP contribution < -0.4 is 10.1 Å². The normalized spacial score (nSPS) is 15.8. The third-order valence-electron chi connectivity index (χ3n) is 5.13. The van der Waals surface area contributed by atoms with Crippen LogP contribution in [-0.4, -0.2) is 23.7 Å². The number of nitrogens with zero attached hydrogens (tertiary/aromatic N) is 1. The van der Waals surface area contributed by atoms with E-state index in [4.69, 9.17) is 17.0 Å². The molecule has 0 bridgehead atoms. The second-order valence-corrected chi connectivity index (χ2v) is 8.61. The standard InChI is InChI=1S/C23H24N2OS2/c1-15-12-16(2)14-18(13-15)24-23(27)25-10-8-21-20(9-11-28-21)22(25)17-4-6-19(26-3)7-5-17/h4-7,9,11-14,22H,8,10H2,1-3H3,(H,24,27)/t22-/m0/s1. The molecule has 0 fully saturated rings. The van der Waals surface area contributed by atoms with Crippen molar-refractivity contribution in [1.29, 1.82) is 0 Å². The fraction of sp³-hybridized carbons (Fsp3) is 0.261. The van der Waals surface area contributed by atoms with E-state index in [2.05, 4.69) is 65.8 Å². The maximum Gasteiger partial charge on any atom is 0.174 e. The van der Waals surface area contributed by atoms with Crippen molar-refractivity contribution in [3.63, 3.8) is 0 Å². The Bertz CT molecular complexity index is 974. The van der Waals surface area contributed by atoms with Gasteiger partial charge in [-0.05, 0) is 90.5 Å². The van der Waals surface area contributed by atoms with E-state index in [9.17, 15) is 0 Å². The minimum Gasteiger partial charge on any atom is -0.497 e. The molecule has 3 nitrogen and oxygen atoms in total. The van der Waals surface area contributed by atoms with E-state index in [0.29, 0.717) is 0 Å². The maximum absolute atomic E-state index is 5.86. The third kappa shape index (κ3) is 3.77. The third-order valence-corrected chi connectivity index (χ3v) is 6.46. The number of hydrogen-bond donors (Lipinski definition) is 1. The number of ether oxygens (including phenoxy) is 1. The van der Waals surface area contributed by atoms with Crippen molar-refractivity contribution in [2.75, 3.05) is 19.0 Å². The van der Waals surface area contributed by atoms with Crippen LogP contribution in [0, 0.1) is 13.8 Å². The van der Waals surface area contributed by atoms with Gasteiger partial charge in [0.2, 0.25) is 0 Å². The van der Waals surface area contributed by atoms with Crippen LogP contribution in [0.25, 0.3) is 0 Å². The number of benzene rings is 2. The van der Waals surface area contributed by atoms with E-state index in [1.54, 1.807) is 7.11 Å². The molecular weight excluding hydrogens is 384 g/mol. The molecule has 0 radical (unpaired) electrons. The van der Waals surface area contributed by atoms with E-state index < -0.39 is 0 Å². The zero-order valence-corrected chi connectivity index (χ0v) is 18.0. The Hall–Kier alpha value is -2.37. The Balaban J connectivity index is 1.66. The Morgan fingerprint density at radius 1 is 1.11 bits per heavy atom. The zero-order valence-electron chi connectivity index (χ0n) is 16.4. The van der Waals surface area contributed by atoms with Gasteiger partial charge in [0.15, 0.2) is 5.11 Å². The minimum absolute atomic E-state index is 0.117. The van der Waals surface area contributed by atoms with Gasteiger partial charge in [0, 0.05) is 17.1 Å². The van der Waals surface area contributed by atoms with Crippen molar-refractivity contribution in [3.8, 4) is 5.75 Å². The van der Waals surface area contributed by atoms with Crippen molar-refractivity contribution in [2.45, 2.75) is 26.3 Å². The molecule has 0 spiro atoms. The highest BCUT2D eigenvalue weighted by molar-refractivity contribution is 7.80. The molecule has 1 aliphatic heterocycles. The van der Waals surface area contributed by atoms with Gasteiger partial charge in [-0.3, -0.25) is 0 Å². The molecule has 0 unspecified atom stereocenters. The van der Waals surface area contributed by atoms with Crippen molar-refractivity contribution in [2.24, 2.45) is 0 Å². The highest BCUT2D eigenvalue weighted by Crippen LogP contribution is 2.38. The van der Waals surface area contributed by atoms with Crippen LogP contribution in [0.5, 0.6) is 5.75 Å². The number of anilines is 1. The number of hydrogen-bond acceptors (Lipinski definition) is 3. The molecule has 1 aromatic heterocycles. The minimum atomic E-state index is 0.117. The summed E-state index contributed by atoms with van der Waals surface area (Å²) in [4.78, 5) is 3.76. The summed E-state index contributed by atoms with van der Waals surface area (Å²) >= 11 is 7.70. The number of methoxy groups -OCH3 is 1. The molecule has 0 amide bonds. The lowest BCUT2D eigenvalue weighted by molar-refractivity contribution is 0.346. The Kier molecular flexibility index (Phi) is 5.38. The van der Waals surface area contributed by atoms with Gasteiger partial charge in [0.1, 0.15) is 5.75 Å². The Morgan fingerprint density at radius 3 is 2.50 bits per heavy atom. The van der Waals surface area contributed by atoms with Gasteiger partial charge < -0.3 is 15.0 Å². The van der Waals surface area contributed by atoms with E-state index in [0.717, 1.165) is 29.5 Å². The topological polar surface area (TPSA) is 24.5 Å². The van der Waals surface area contributed by atoms with Crippen LogP contribution >= 0.6 is 23.6 Å². The molecule has 0 saturated heterocycles. The van der Waals surface area contributed by atoms with Crippen molar-refractivity contribution >= 4 is 34.4 Å². The van der Waals surface area contributed by atoms with Gasteiger partial charge in [0.05, 0.1) is 13.2 Å². The molecule has 1 N–H and O–H groups in total. The molecule has 2 aromatic carbocycles. The monoisotopic (exact) mass is 408 g/mol. The molecule has 5 heteroatoms. The predicted molar refractivity (Wildman–Crippen MR) is 122 cm³/mol. The highest BCUT2D eigenvalue weighted by atomic mass is 32.1. The van der Waals surface area contributed by atoms with Gasteiger partial charge in [-0.1, -0.05) is 18.2 Å². The van der Waals surface area contributed by atoms with Crippen LogP contribution in [0.1, 0.15) is 33.2 Å². The predicted octanol–water partition coefficient (Wildman–Crippen LogP) is 5.72. The summed E-state index contributed by atoms with van der Waals surface area (Å²) in [5.74, 6) is 0.868. The largest absolute Gasteiger partial charge is 0.497 e. The van der Waals surface area contributed by atoms with Crippen molar-refractivity contribution in [1.82, 2.24) is 4.90 Å². The van der Waals surface area contributed by atoms with Crippen LogP contribution in [0.3, 0.4) is 0 Å². The molecule has 1 aliphatic rings. The summed E-state index contributed by atoms with van der Waals surface area (Å²) in [6.07, 6.45) is 1.02. The van der Waals surface area contributed by atoms with E-state index in [1.165, 1.54) is 27.1 Å².